The maximum Gasteiger partial charge on any atom is 0.150 e. The Kier molecular flexibility index (Phi) is 3.44. The largest absolute Gasteiger partial charge is 0.496 e. The second kappa shape index (κ2) is 5.40. The van der Waals surface area contributed by atoms with Gasteiger partial charge in [0.2, 0.25) is 0 Å². The third kappa shape index (κ3) is 2.52. The Labute approximate surface area is 121 Å². The van der Waals surface area contributed by atoms with E-state index < -0.39 is 0 Å². The maximum absolute atomic E-state index is 13.4. The summed E-state index contributed by atoms with van der Waals surface area (Å²) in [6.07, 6.45) is 2.70. The van der Waals surface area contributed by atoms with Gasteiger partial charge in [0.05, 0.1) is 19.2 Å². The van der Waals surface area contributed by atoms with E-state index in [4.69, 9.17) is 4.74 Å². The van der Waals surface area contributed by atoms with Gasteiger partial charge >= 0.3 is 0 Å². The highest BCUT2D eigenvalue weighted by Crippen LogP contribution is 2.24. The highest BCUT2D eigenvalue weighted by molar-refractivity contribution is 5.80. The van der Waals surface area contributed by atoms with Crippen molar-refractivity contribution < 1.29 is 13.9 Å². The SMILES string of the molecule is COc1ccc(C=O)cc1Cn1ccc2ccc(F)cc21. The third-order valence-corrected chi connectivity index (χ3v) is 3.52. The van der Waals surface area contributed by atoms with E-state index in [1.807, 2.05) is 16.8 Å². The lowest BCUT2D eigenvalue weighted by atomic mass is 10.1. The molecule has 106 valence electrons. The molecule has 0 amide bonds. The zero-order valence-corrected chi connectivity index (χ0v) is 11.5. The van der Waals surface area contributed by atoms with Crippen molar-refractivity contribution in [3.8, 4) is 5.75 Å². The second-order valence-corrected chi connectivity index (χ2v) is 4.84. The summed E-state index contributed by atoms with van der Waals surface area (Å²) >= 11 is 0. The molecule has 0 fully saturated rings. The minimum atomic E-state index is -0.268. The van der Waals surface area contributed by atoms with Gasteiger partial charge in [0.15, 0.2) is 0 Å². The molecule has 0 aliphatic heterocycles. The lowest BCUT2D eigenvalue weighted by Crippen LogP contribution is -2.01. The summed E-state index contributed by atoms with van der Waals surface area (Å²) in [6, 6.07) is 11.9. The molecule has 21 heavy (non-hydrogen) atoms. The predicted octanol–water partition coefficient (Wildman–Crippen LogP) is 3.65. The zero-order chi connectivity index (χ0) is 14.8. The number of ether oxygens (including phenoxy) is 1. The van der Waals surface area contributed by atoms with Crippen molar-refractivity contribution in [2.45, 2.75) is 6.54 Å². The molecule has 0 radical (unpaired) electrons. The first kappa shape index (κ1) is 13.4. The Balaban J connectivity index is 2.05. The Morgan fingerprint density at radius 1 is 1.19 bits per heavy atom. The summed E-state index contributed by atoms with van der Waals surface area (Å²) in [5.41, 5.74) is 2.28. The summed E-state index contributed by atoms with van der Waals surface area (Å²) in [4.78, 5) is 10.9. The standard InChI is InChI=1S/C17H14FNO2/c1-21-17-5-2-12(11-20)8-14(17)10-19-7-6-13-3-4-15(18)9-16(13)19/h2-9,11H,10H2,1H3. The molecule has 3 nitrogen and oxygen atoms in total. The van der Waals surface area contributed by atoms with Crippen LogP contribution in [0.2, 0.25) is 0 Å². The number of halogens is 1. The maximum atomic E-state index is 13.4. The molecule has 0 bridgehead atoms. The van der Waals surface area contributed by atoms with Gasteiger partial charge in [-0.2, -0.15) is 0 Å². The van der Waals surface area contributed by atoms with Gasteiger partial charge in [-0.3, -0.25) is 4.79 Å². The van der Waals surface area contributed by atoms with Crippen LogP contribution in [-0.4, -0.2) is 18.0 Å². The summed E-state index contributed by atoms with van der Waals surface area (Å²) < 4.78 is 20.7. The molecule has 0 aliphatic rings. The number of nitrogens with zero attached hydrogens (tertiary/aromatic N) is 1. The average Bonchev–Trinajstić information content (AvgIpc) is 2.89. The fourth-order valence-electron chi connectivity index (χ4n) is 2.47. The van der Waals surface area contributed by atoms with Crippen molar-refractivity contribution in [2.24, 2.45) is 0 Å². The molecule has 0 spiro atoms. The fraction of sp³-hybridized carbons (Fsp3) is 0.118. The van der Waals surface area contributed by atoms with Crippen LogP contribution in [0.25, 0.3) is 10.9 Å². The van der Waals surface area contributed by atoms with E-state index in [2.05, 4.69) is 0 Å². The van der Waals surface area contributed by atoms with Crippen molar-refractivity contribution in [3.63, 3.8) is 0 Å². The molecule has 2 aromatic carbocycles. The van der Waals surface area contributed by atoms with E-state index in [0.29, 0.717) is 17.9 Å². The fourth-order valence-corrected chi connectivity index (χ4v) is 2.47. The van der Waals surface area contributed by atoms with E-state index in [9.17, 15) is 9.18 Å². The van der Waals surface area contributed by atoms with Crippen molar-refractivity contribution in [1.82, 2.24) is 4.57 Å². The number of carbonyl (C=O) groups excluding carboxylic acids is 1. The summed E-state index contributed by atoms with van der Waals surface area (Å²) in [7, 11) is 1.59. The molecule has 0 atom stereocenters. The number of methoxy groups -OCH3 is 1. The molecular formula is C17H14FNO2. The number of hydrogen-bond acceptors (Lipinski definition) is 2. The number of fused-ring (bicyclic) bond motifs is 1. The van der Waals surface area contributed by atoms with Crippen LogP contribution >= 0.6 is 0 Å². The van der Waals surface area contributed by atoms with E-state index >= 15 is 0 Å². The number of rotatable bonds is 4. The smallest absolute Gasteiger partial charge is 0.150 e. The summed E-state index contributed by atoms with van der Waals surface area (Å²) in [5, 5.41) is 0.974. The first-order valence-electron chi connectivity index (χ1n) is 6.58. The van der Waals surface area contributed by atoms with Crippen LogP contribution in [0, 0.1) is 5.82 Å². The quantitative estimate of drug-likeness (QED) is 0.684. The van der Waals surface area contributed by atoms with Gasteiger partial charge in [0.25, 0.3) is 0 Å². The van der Waals surface area contributed by atoms with Crippen LogP contribution < -0.4 is 4.74 Å². The minimum absolute atomic E-state index is 0.268. The molecule has 0 saturated carbocycles. The number of hydrogen-bond donors (Lipinski definition) is 0. The number of benzene rings is 2. The first-order valence-corrected chi connectivity index (χ1v) is 6.58. The normalized spacial score (nSPS) is 10.8. The number of aromatic nitrogens is 1. The highest BCUT2D eigenvalue weighted by Gasteiger charge is 2.08. The zero-order valence-electron chi connectivity index (χ0n) is 11.5. The van der Waals surface area contributed by atoms with Crippen LogP contribution in [0.15, 0.2) is 48.7 Å². The Morgan fingerprint density at radius 3 is 2.81 bits per heavy atom. The van der Waals surface area contributed by atoms with E-state index in [0.717, 1.165) is 22.8 Å². The van der Waals surface area contributed by atoms with Crippen molar-refractivity contribution in [2.75, 3.05) is 7.11 Å². The molecule has 0 unspecified atom stereocenters. The van der Waals surface area contributed by atoms with E-state index in [1.165, 1.54) is 12.1 Å². The Hall–Kier alpha value is -2.62. The molecule has 0 aliphatic carbocycles. The topological polar surface area (TPSA) is 31.2 Å². The van der Waals surface area contributed by atoms with Crippen LogP contribution in [0.1, 0.15) is 15.9 Å². The van der Waals surface area contributed by atoms with E-state index in [-0.39, 0.29) is 5.82 Å². The Bertz CT molecular complexity index is 808. The monoisotopic (exact) mass is 283 g/mol. The molecule has 3 aromatic rings. The van der Waals surface area contributed by atoms with Crippen LogP contribution in [0.4, 0.5) is 4.39 Å². The number of carbonyl (C=O) groups is 1. The minimum Gasteiger partial charge on any atom is -0.496 e. The lowest BCUT2D eigenvalue weighted by molar-refractivity contribution is 0.112. The molecule has 1 heterocycles. The summed E-state index contributed by atoms with van der Waals surface area (Å²) in [5.74, 6) is 0.440. The first-order chi connectivity index (χ1) is 10.2. The third-order valence-electron chi connectivity index (χ3n) is 3.52. The molecular weight excluding hydrogens is 269 g/mol. The van der Waals surface area contributed by atoms with Crippen molar-refractivity contribution >= 4 is 17.2 Å². The summed E-state index contributed by atoms with van der Waals surface area (Å²) in [6.45, 7) is 0.512. The predicted molar refractivity (Wildman–Crippen MR) is 79.4 cm³/mol. The van der Waals surface area contributed by atoms with Crippen molar-refractivity contribution in [1.29, 1.82) is 0 Å². The van der Waals surface area contributed by atoms with Gasteiger partial charge in [-0.15, -0.1) is 0 Å². The molecule has 0 saturated heterocycles. The molecule has 3 rings (SSSR count). The van der Waals surface area contributed by atoms with Gasteiger partial charge in [0, 0.05) is 17.3 Å². The second-order valence-electron chi connectivity index (χ2n) is 4.84. The highest BCUT2D eigenvalue weighted by atomic mass is 19.1. The van der Waals surface area contributed by atoms with Gasteiger partial charge < -0.3 is 9.30 Å². The lowest BCUT2D eigenvalue weighted by Gasteiger charge is -2.11. The van der Waals surface area contributed by atoms with Gasteiger partial charge in [0.1, 0.15) is 17.9 Å². The van der Waals surface area contributed by atoms with Crippen molar-refractivity contribution in [3.05, 3.63) is 65.6 Å². The van der Waals surface area contributed by atoms with Crippen LogP contribution in [0.5, 0.6) is 5.75 Å². The molecule has 4 heteroatoms. The Morgan fingerprint density at radius 2 is 2.05 bits per heavy atom. The number of aldehydes is 1. The van der Waals surface area contributed by atoms with Gasteiger partial charge in [-0.25, -0.2) is 4.39 Å². The van der Waals surface area contributed by atoms with Crippen LogP contribution in [-0.2, 0) is 6.54 Å². The molecule has 0 N–H and O–H groups in total. The van der Waals surface area contributed by atoms with E-state index in [1.54, 1.807) is 31.4 Å². The van der Waals surface area contributed by atoms with Crippen LogP contribution in [0.3, 0.4) is 0 Å². The van der Waals surface area contributed by atoms with Gasteiger partial charge in [-0.05, 0) is 47.9 Å². The van der Waals surface area contributed by atoms with Gasteiger partial charge in [-0.1, -0.05) is 0 Å². The average molecular weight is 283 g/mol. The molecule has 1 aromatic heterocycles.